The number of hydrogen-bond donors (Lipinski definition) is 2. The summed E-state index contributed by atoms with van der Waals surface area (Å²) >= 11 is 0. The van der Waals surface area contributed by atoms with Crippen LogP contribution in [0, 0.1) is 0 Å². The van der Waals surface area contributed by atoms with Crippen LogP contribution < -0.4 is 5.32 Å². The molecule has 2 aromatic carbocycles. The molecule has 1 heterocycles. The summed E-state index contributed by atoms with van der Waals surface area (Å²) in [5.74, 6) is -0.165. The maximum atomic E-state index is 12.8. The molecule has 2 atom stereocenters. The fourth-order valence-corrected chi connectivity index (χ4v) is 3.50. The molecule has 3 aromatic rings. The minimum atomic E-state index is -0.584. The minimum absolute atomic E-state index is 0.165. The van der Waals surface area contributed by atoms with E-state index in [0.717, 1.165) is 16.7 Å². The topological polar surface area (TPSA) is 54.3 Å². The van der Waals surface area contributed by atoms with Crippen molar-refractivity contribution in [2.45, 2.75) is 25.1 Å². The van der Waals surface area contributed by atoms with Crippen molar-refractivity contribution in [2.75, 3.05) is 0 Å². The fraction of sp³-hybridized carbons (Fsp3) is 0.190. The molecule has 0 radical (unpaired) electrons. The van der Waals surface area contributed by atoms with Crippen LogP contribution in [0.4, 0.5) is 0 Å². The van der Waals surface area contributed by atoms with Gasteiger partial charge in [-0.15, -0.1) is 0 Å². The molecular weight excluding hydrogens is 312 g/mol. The number of aliphatic hydroxyl groups is 1. The highest BCUT2D eigenvalue weighted by molar-refractivity contribution is 5.93. The number of nitrogens with one attached hydrogen (secondary N) is 1. The van der Waals surface area contributed by atoms with Gasteiger partial charge in [0.2, 0.25) is 0 Å². The van der Waals surface area contributed by atoms with Gasteiger partial charge in [-0.25, -0.2) is 0 Å². The number of carbonyl (C=O) groups excluding carboxylic acids is 1. The van der Waals surface area contributed by atoms with Crippen molar-refractivity contribution in [3.05, 3.63) is 95.3 Å². The molecule has 1 amide bonds. The van der Waals surface area contributed by atoms with E-state index in [9.17, 15) is 9.90 Å². The second-order valence-corrected chi connectivity index (χ2v) is 6.43. The molecule has 25 heavy (non-hydrogen) atoms. The van der Waals surface area contributed by atoms with Crippen LogP contribution in [0.15, 0.2) is 72.9 Å². The molecule has 4 rings (SSSR count). The van der Waals surface area contributed by atoms with E-state index >= 15 is 0 Å². The highest BCUT2D eigenvalue weighted by Crippen LogP contribution is 2.31. The van der Waals surface area contributed by atoms with Crippen LogP contribution in [0.25, 0.3) is 0 Å². The van der Waals surface area contributed by atoms with Gasteiger partial charge in [-0.05, 0) is 28.8 Å². The normalized spacial score (nSPS) is 18.8. The van der Waals surface area contributed by atoms with Crippen molar-refractivity contribution < 1.29 is 9.90 Å². The van der Waals surface area contributed by atoms with Gasteiger partial charge in [0, 0.05) is 19.2 Å². The average Bonchev–Trinajstić information content (AvgIpc) is 3.21. The molecule has 2 N–H and O–H groups in total. The van der Waals surface area contributed by atoms with Crippen LogP contribution in [0.3, 0.4) is 0 Å². The van der Waals surface area contributed by atoms with Crippen LogP contribution in [-0.4, -0.2) is 21.7 Å². The lowest BCUT2D eigenvalue weighted by molar-refractivity contribution is 0.0849. The molecular formula is C21H20N2O2. The molecule has 0 aliphatic heterocycles. The Balaban J connectivity index is 1.54. The lowest BCUT2D eigenvalue weighted by Gasteiger charge is -2.19. The van der Waals surface area contributed by atoms with Crippen LogP contribution in [-0.2, 0) is 13.0 Å². The highest BCUT2D eigenvalue weighted by atomic mass is 16.3. The summed E-state index contributed by atoms with van der Waals surface area (Å²) in [6, 6.07) is 21.2. The van der Waals surface area contributed by atoms with Crippen LogP contribution in [0.5, 0.6) is 0 Å². The Hall–Kier alpha value is -2.85. The van der Waals surface area contributed by atoms with E-state index in [1.165, 1.54) is 0 Å². The van der Waals surface area contributed by atoms with Crippen molar-refractivity contribution in [3.8, 4) is 0 Å². The van der Waals surface area contributed by atoms with E-state index < -0.39 is 6.10 Å². The number of aliphatic hydroxyl groups excluding tert-OH is 1. The largest absolute Gasteiger partial charge is 0.390 e. The van der Waals surface area contributed by atoms with Gasteiger partial charge in [0.25, 0.3) is 5.91 Å². The molecule has 1 aliphatic rings. The third-order valence-corrected chi connectivity index (χ3v) is 4.75. The van der Waals surface area contributed by atoms with Crippen molar-refractivity contribution in [1.29, 1.82) is 0 Å². The van der Waals surface area contributed by atoms with E-state index in [2.05, 4.69) is 5.32 Å². The quantitative estimate of drug-likeness (QED) is 0.772. The number of benzene rings is 2. The Morgan fingerprint density at radius 1 is 1.04 bits per heavy atom. The standard InChI is InChI=1S/C21H20N2O2/c24-19-13-16-9-4-5-10-17(16)20(19)22-21(25)18-11-6-12-23(18)14-15-7-2-1-3-8-15/h1-12,19-20,24H,13-14H2,(H,22,25). The molecule has 0 spiro atoms. The van der Waals surface area contributed by atoms with Crippen molar-refractivity contribution in [3.63, 3.8) is 0 Å². The maximum Gasteiger partial charge on any atom is 0.268 e. The van der Waals surface area contributed by atoms with Crippen LogP contribution >= 0.6 is 0 Å². The van der Waals surface area contributed by atoms with Crippen LogP contribution in [0.2, 0.25) is 0 Å². The lowest BCUT2D eigenvalue weighted by Crippen LogP contribution is -2.35. The molecule has 1 aliphatic carbocycles. The van der Waals surface area contributed by atoms with Gasteiger partial charge < -0.3 is 15.0 Å². The van der Waals surface area contributed by atoms with Crippen LogP contribution in [0.1, 0.15) is 33.2 Å². The Labute approximate surface area is 146 Å². The second kappa shape index (κ2) is 6.57. The van der Waals surface area contributed by atoms with E-state index in [4.69, 9.17) is 0 Å². The van der Waals surface area contributed by atoms with Gasteiger partial charge >= 0.3 is 0 Å². The summed E-state index contributed by atoms with van der Waals surface area (Å²) in [6.07, 6.45) is 1.89. The average molecular weight is 332 g/mol. The number of hydrogen-bond acceptors (Lipinski definition) is 2. The third kappa shape index (κ3) is 3.08. The number of aromatic nitrogens is 1. The van der Waals surface area contributed by atoms with Crippen molar-refractivity contribution >= 4 is 5.91 Å². The Morgan fingerprint density at radius 3 is 2.64 bits per heavy atom. The number of carbonyl (C=O) groups is 1. The van der Waals surface area contributed by atoms with Gasteiger partial charge in [-0.2, -0.15) is 0 Å². The summed E-state index contributed by atoms with van der Waals surface area (Å²) in [6.45, 7) is 0.639. The molecule has 1 aromatic heterocycles. The maximum absolute atomic E-state index is 12.8. The zero-order valence-corrected chi connectivity index (χ0v) is 13.8. The Bertz CT molecular complexity index is 886. The summed E-state index contributed by atoms with van der Waals surface area (Å²) in [4.78, 5) is 12.8. The number of amides is 1. The summed E-state index contributed by atoms with van der Waals surface area (Å²) in [5.41, 5.74) is 3.84. The monoisotopic (exact) mass is 332 g/mol. The smallest absolute Gasteiger partial charge is 0.268 e. The number of rotatable bonds is 4. The molecule has 4 nitrogen and oxygen atoms in total. The number of fused-ring (bicyclic) bond motifs is 1. The third-order valence-electron chi connectivity index (χ3n) is 4.75. The van der Waals surface area contributed by atoms with E-state index in [1.807, 2.05) is 77.5 Å². The predicted octanol–water partition coefficient (Wildman–Crippen LogP) is 2.92. The molecule has 2 unspecified atom stereocenters. The molecule has 0 bridgehead atoms. The first-order valence-corrected chi connectivity index (χ1v) is 8.48. The number of nitrogens with zero attached hydrogens (tertiary/aromatic N) is 1. The Morgan fingerprint density at radius 2 is 1.80 bits per heavy atom. The van der Waals surface area contributed by atoms with Gasteiger partial charge in [0.1, 0.15) is 5.69 Å². The fourth-order valence-electron chi connectivity index (χ4n) is 3.50. The minimum Gasteiger partial charge on any atom is -0.390 e. The molecule has 0 saturated carbocycles. The first kappa shape index (κ1) is 15.7. The zero-order valence-electron chi connectivity index (χ0n) is 13.8. The van der Waals surface area contributed by atoms with E-state index in [1.54, 1.807) is 0 Å². The van der Waals surface area contributed by atoms with Gasteiger partial charge in [-0.3, -0.25) is 4.79 Å². The van der Waals surface area contributed by atoms with E-state index in [0.29, 0.717) is 18.7 Å². The lowest BCUT2D eigenvalue weighted by atomic mass is 10.1. The highest BCUT2D eigenvalue weighted by Gasteiger charge is 2.32. The summed E-state index contributed by atoms with van der Waals surface area (Å²) in [5, 5.41) is 13.3. The molecule has 0 fully saturated rings. The van der Waals surface area contributed by atoms with Crippen molar-refractivity contribution in [1.82, 2.24) is 9.88 Å². The van der Waals surface area contributed by atoms with Gasteiger partial charge in [0.15, 0.2) is 0 Å². The summed E-state index contributed by atoms with van der Waals surface area (Å²) in [7, 11) is 0. The van der Waals surface area contributed by atoms with Crippen molar-refractivity contribution in [2.24, 2.45) is 0 Å². The first-order valence-electron chi connectivity index (χ1n) is 8.48. The molecule has 0 saturated heterocycles. The van der Waals surface area contributed by atoms with Gasteiger partial charge in [0.05, 0.1) is 12.1 Å². The second-order valence-electron chi connectivity index (χ2n) is 6.43. The molecule has 4 heteroatoms. The first-order chi connectivity index (χ1) is 12.2. The van der Waals surface area contributed by atoms with E-state index in [-0.39, 0.29) is 11.9 Å². The molecule has 126 valence electrons. The zero-order chi connectivity index (χ0) is 17.2. The summed E-state index contributed by atoms with van der Waals surface area (Å²) < 4.78 is 1.93. The predicted molar refractivity (Wildman–Crippen MR) is 96.3 cm³/mol. The Kier molecular flexibility index (Phi) is 4.12. The SMILES string of the molecule is O=C(NC1c2ccccc2CC1O)c1cccn1Cc1ccccc1. The van der Waals surface area contributed by atoms with Gasteiger partial charge in [-0.1, -0.05) is 54.6 Å².